The highest BCUT2D eigenvalue weighted by molar-refractivity contribution is 5.75. The minimum Gasteiger partial charge on any atom is -0.374 e. The van der Waals surface area contributed by atoms with Crippen LogP contribution in [0.4, 0.5) is 0 Å². The number of ether oxygens (including phenoxy) is 1. The van der Waals surface area contributed by atoms with Crippen LogP contribution in [0.25, 0.3) is 0 Å². The fourth-order valence-corrected chi connectivity index (χ4v) is 1.82. The summed E-state index contributed by atoms with van der Waals surface area (Å²) in [4.78, 5) is 11.4. The lowest BCUT2D eigenvalue weighted by Crippen LogP contribution is -2.26. The van der Waals surface area contributed by atoms with Crippen LogP contribution in [0.15, 0.2) is 30.3 Å². The van der Waals surface area contributed by atoms with E-state index in [0.717, 1.165) is 6.42 Å². The number of rotatable bonds is 8. The monoisotopic (exact) mass is 263 g/mol. The summed E-state index contributed by atoms with van der Waals surface area (Å²) in [6.07, 6.45) is 1.55. The molecule has 0 bridgehead atoms. The average molecular weight is 263 g/mol. The van der Waals surface area contributed by atoms with Gasteiger partial charge in [0.05, 0.1) is 6.10 Å². The molecular formula is C16H25NO2. The lowest BCUT2D eigenvalue weighted by molar-refractivity contribution is -0.121. The van der Waals surface area contributed by atoms with Gasteiger partial charge in [0.15, 0.2) is 0 Å². The molecule has 0 saturated heterocycles. The van der Waals surface area contributed by atoms with Gasteiger partial charge in [-0.2, -0.15) is 0 Å². The van der Waals surface area contributed by atoms with E-state index in [-0.39, 0.29) is 12.0 Å². The smallest absolute Gasteiger partial charge is 0.220 e. The van der Waals surface area contributed by atoms with Gasteiger partial charge in [0.25, 0.3) is 0 Å². The number of carbonyl (C=O) groups is 1. The molecule has 19 heavy (non-hydrogen) atoms. The molecule has 0 spiro atoms. The van der Waals surface area contributed by atoms with Crippen molar-refractivity contribution in [1.82, 2.24) is 5.32 Å². The maximum atomic E-state index is 11.4. The van der Waals surface area contributed by atoms with Crippen LogP contribution in [0.1, 0.15) is 45.3 Å². The SMILES string of the molecule is CC(C)CC(=O)NCCCOC(C)c1ccccc1. The van der Waals surface area contributed by atoms with Gasteiger partial charge in [0.1, 0.15) is 0 Å². The Bertz CT molecular complexity index is 362. The molecule has 0 aliphatic carbocycles. The highest BCUT2D eigenvalue weighted by Gasteiger charge is 2.05. The maximum absolute atomic E-state index is 11.4. The van der Waals surface area contributed by atoms with Gasteiger partial charge in [0, 0.05) is 19.6 Å². The molecule has 1 N–H and O–H groups in total. The molecule has 0 saturated carbocycles. The third kappa shape index (κ3) is 6.97. The summed E-state index contributed by atoms with van der Waals surface area (Å²) < 4.78 is 5.74. The summed E-state index contributed by atoms with van der Waals surface area (Å²) in [6, 6.07) is 10.2. The van der Waals surface area contributed by atoms with Gasteiger partial charge >= 0.3 is 0 Å². The van der Waals surface area contributed by atoms with Crippen LogP contribution in [0.5, 0.6) is 0 Å². The van der Waals surface area contributed by atoms with Gasteiger partial charge in [-0.3, -0.25) is 4.79 Å². The fourth-order valence-electron chi connectivity index (χ4n) is 1.82. The minimum atomic E-state index is 0.104. The summed E-state index contributed by atoms with van der Waals surface area (Å²) in [5, 5.41) is 2.91. The molecular weight excluding hydrogens is 238 g/mol. The Kier molecular flexibility index (Phi) is 7.19. The van der Waals surface area contributed by atoms with E-state index < -0.39 is 0 Å². The second-order valence-electron chi connectivity index (χ2n) is 5.23. The molecule has 0 radical (unpaired) electrons. The van der Waals surface area contributed by atoms with Gasteiger partial charge in [-0.15, -0.1) is 0 Å². The topological polar surface area (TPSA) is 38.3 Å². The third-order valence-corrected chi connectivity index (χ3v) is 2.87. The first-order chi connectivity index (χ1) is 9.09. The Morgan fingerprint density at radius 3 is 2.53 bits per heavy atom. The molecule has 3 nitrogen and oxygen atoms in total. The number of hydrogen-bond donors (Lipinski definition) is 1. The van der Waals surface area contributed by atoms with Crippen molar-refractivity contribution in [3.63, 3.8) is 0 Å². The lowest BCUT2D eigenvalue weighted by atomic mass is 10.1. The van der Waals surface area contributed by atoms with Crippen LogP contribution in [-0.2, 0) is 9.53 Å². The Labute approximate surface area is 116 Å². The number of amides is 1. The van der Waals surface area contributed by atoms with E-state index in [9.17, 15) is 4.79 Å². The number of carbonyl (C=O) groups excluding carboxylic acids is 1. The fraction of sp³-hybridized carbons (Fsp3) is 0.562. The van der Waals surface area contributed by atoms with E-state index in [1.807, 2.05) is 39.0 Å². The molecule has 1 amide bonds. The van der Waals surface area contributed by atoms with Gasteiger partial charge < -0.3 is 10.1 Å². The zero-order valence-corrected chi connectivity index (χ0v) is 12.2. The molecule has 1 aromatic carbocycles. The summed E-state index contributed by atoms with van der Waals surface area (Å²) in [7, 11) is 0. The first-order valence-electron chi connectivity index (χ1n) is 7.03. The molecule has 1 atom stereocenters. The standard InChI is InChI=1S/C16H25NO2/c1-13(2)12-16(18)17-10-7-11-19-14(3)15-8-5-4-6-9-15/h4-6,8-9,13-14H,7,10-12H2,1-3H3,(H,17,18). The van der Waals surface area contributed by atoms with E-state index in [1.54, 1.807) is 0 Å². The second kappa shape index (κ2) is 8.70. The molecule has 0 fully saturated rings. The van der Waals surface area contributed by atoms with Crippen LogP contribution in [-0.4, -0.2) is 19.1 Å². The number of hydrogen-bond acceptors (Lipinski definition) is 2. The molecule has 3 heteroatoms. The highest BCUT2D eigenvalue weighted by atomic mass is 16.5. The predicted molar refractivity (Wildman–Crippen MR) is 77.9 cm³/mol. The largest absolute Gasteiger partial charge is 0.374 e. The van der Waals surface area contributed by atoms with Gasteiger partial charge in [-0.05, 0) is 24.8 Å². The summed E-state index contributed by atoms with van der Waals surface area (Å²) in [5.41, 5.74) is 1.19. The van der Waals surface area contributed by atoms with Crippen LogP contribution < -0.4 is 5.32 Å². The number of nitrogens with one attached hydrogen (secondary N) is 1. The van der Waals surface area contributed by atoms with Gasteiger partial charge in [0.2, 0.25) is 5.91 Å². The van der Waals surface area contributed by atoms with E-state index in [1.165, 1.54) is 5.56 Å². The van der Waals surface area contributed by atoms with Crippen LogP contribution >= 0.6 is 0 Å². The summed E-state index contributed by atoms with van der Waals surface area (Å²) in [5.74, 6) is 0.542. The molecule has 0 aliphatic rings. The van der Waals surface area contributed by atoms with E-state index >= 15 is 0 Å². The van der Waals surface area contributed by atoms with Crippen molar-refractivity contribution in [2.24, 2.45) is 5.92 Å². The molecule has 1 unspecified atom stereocenters. The zero-order chi connectivity index (χ0) is 14.1. The normalized spacial score (nSPS) is 12.4. The first kappa shape index (κ1) is 15.7. The van der Waals surface area contributed by atoms with E-state index in [2.05, 4.69) is 17.4 Å². The highest BCUT2D eigenvalue weighted by Crippen LogP contribution is 2.15. The van der Waals surface area contributed by atoms with E-state index in [0.29, 0.717) is 25.5 Å². The van der Waals surface area contributed by atoms with E-state index in [4.69, 9.17) is 4.74 Å². The third-order valence-electron chi connectivity index (χ3n) is 2.87. The van der Waals surface area contributed by atoms with Crippen molar-refractivity contribution >= 4 is 5.91 Å². The second-order valence-corrected chi connectivity index (χ2v) is 5.23. The Morgan fingerprint density at radius 1 is 1.21 bits per heavy atom. The van der Waals surface area contributed by atoms with Crippen molar-refractivity contribution in [2.75, 3.05) is 13.2 Å². The zero-order valence-electron chi connectivity index (χ0n) is 12.2. The van der Waals surface area contributed by atoms with Crippen LogP contribution in [0.2, 0.25) is 0 Å². The summed E-state index contributed by atoms with van der Waals surface area (Å²) >= 11 is 0. The van der Waals surface area contributed by atoms with Crippen molar-refractivity contribution in [3.05, 3.63) is 35.9 Å². The Hall–Kier alpha value is -1.35. The van der Waals surface area contributed by atoms with Gasteiger partial charge in [-0.1, -0.05) is 44.2 Å². The van der Waals surface area contributed by atoms with Crippen LogP contribution in [0, 0.1) is 5.92 Å². The van der Waals surface area contributed by atoms with Crippen molar-refractivity contribution in [3.8, 4) is 0 Å². The minimum absolute atomic E-state index is 0.104. The quantitative estimate of drug-likeness (QED) is 0.731. The molecule has 1 rings (SSSR count). The molecule has 0 heterocycles. The molecule has 106 valence electrons. The lowest BCUT2D eigenvalue weighted by Gasteiger charge is -2.13. The van der Waals surface area contributed by atoms with Crippen molar-refractivity contribution < 1.29 is 9.53 Å². The Balaban J connectivity index is 2.09. The maximum Gasteiger partial charge on any atom is 0.220 e. The molecule has 0 aliphatic heterocycles. The van der Waals surface area contributed by atoms with Crippen molar-refractivity contribution in [1.29, 1.82) is 0 Å². The van der Waals surface area contributed by atoms with Crippen LogP contribution in [0.3, 0.4) is 0 Å². The molecule has 0 aromatic heterocycles. The van der Waals surface area contributed by atoms with Crippen molar-refractivity contribution in [2.45, 2.75) is 39.7 Å². The van der Waals surface area contributed by atoms with Gasteiger partial charge in [-0.25, -0.2) is 0 Å². The number of benzene rings is 1. The average Bonchev–Trinajstić information content (AvgIpc) is 2.38. The molecule has 1 aromatic rings. The summed E-state index contributed by atoms with van der Waals surface area (Å²) in [6.45, 7) is 7.49. The first-order valence-corrected chi connectivity index (χ1v) is 7.03. The Morgan fingerprint density at radius 2 is 1.89 bits per heavy atom. The predicted octanol–water partition coefficient (Wildman–Crippen LogP) is 3.32.